The molecule has 0 unspecified atom stereocenters. The predicted molar refractivity (Wildman–Crippen MR) is 95.1 cm³/mol. The van der Waals surface area contributed by atoms with Gasteiger partial charge >= 0.3 is 0 Å². The fourth-order valence-electron chi connectivity index (χ4n) is 2.77. The molecule has 23 heavy (non-hydrogen) atoms. The number of benzene rings is 1. The summed E-state index contributed by atoms with van der Waals surface area (Å²) in [7, 11) is 2.16. The van der Waals surface area contributed by atoms with Crippen LogP contribution in [0.3, 0.4) is 0 Å². The van der Waals surface area contributed by atoms with Crippen LogP contribution in [0.4, 0.5) is 11.8 Å². The van der Waals surface area contributed by atoms with Crippen LogP contribution in [0.15, 0.2) is 36.4 Å². The topological polar surface area (TPSA) is 44.3 Å². The van der Waals surface area contributed by atoms with E-state index in [4.69, 9.17) is 4.98 Å². The third kappa shape index (κ3) is 4.42. The van der Waals surface area contributed by atoms with Crippen molar-refractivity contribution in [2.75, 3.05) is 50.0 Å². The van der Waals surface area contributed by atoms with E-state index >= 15 is 0 Å². The molecule has 1 aliphatic heterocycles. The Morgan fingerprint density at radius 3 is 2.52 bits per heavy atom. The van der Waals surface area contributed by atoms with Gasteiger partial charge in [0.2, 0.25) is 5.95 Å². The van der Waals surface area contributed by atoms with Gasteiger partial charge in [0.05, 0.1) is 0 Å². The Kier molecular flexibility index (Phi) is 5.08. The van der Waals surface area contributed by atoms with Crippen molar-refractivity contribution in [1.82, 2.24) is 14.9 Å². The number of aryl methyl sites for hydroxylation is 1. The number of aromatic nitrogens is 2. The second-order valence-corrected chi connectivity index (χ2v) is 6.15. The molecule has 1 aromatic heterocycles. The molecular weight excluding hydrogens is 286 g/mol. The van der Waals surface area contributed by atoms with E-state index in [9.17, 15) is 0 Å². The van der Waals surface area contributed by atoms with Crippen LogP contribution in [0.2, 0.25) is 0 Å². The van der Waals surface area contributed by atoms with Crippen LogP contribution in [0, 0.1) is 6.92 Å². The lowest BCUT2D eigenvalue weighted by Crippen LogP contribution is -2.45. The van der Waals surface area contributed by atoms with Crippen LogP contribution in [-0.4, -0.2) is 54.6 Å². The molecule has 1 aromatic carbocycles. The molecule has 0 radical (unpaired) electrons. The first-order valence-corrected chi connectivity index (χ1v) is 8.28. The molecule has 1 N–H and O–H groups in total. The van der Waals surface area contributed by atoms with Crippen molar-refractivity contribution in [3.8, 4) is 0 Å². The van der Waals surface area contributed by atoms with E-state index in [-0.39, 0.29) is 0 Å². The van der Waals surface area contributed by atoms with E-state index in [0.717, 1.165) is 56.6 Å². The van der Waals surface area contributed by atoms with Gasteiger partial charge in [0.1, 0.15) is 5.82 Å². The predicted octanol–water partition coefficient (Wildman–Crippen LogP) is 2.19. The van der Waals surface area contributed by atoms with Crippen molar-refractivity contribution in [3.63, 3.8) is 0 Å². The molecule has 0 saturated carbocycles. The number of nitrogens with zero attached hydrogens (tertiary/aromatic N) is 4. The highest BCUT2D eigenvalue weighted by atomic mass is 15.3. The van der Waals surface area contributed by atoms with Crippen LogP contribution < -0.4 is 10.2 Å². The lowest BCUT2D eigenvalue weighted by atomic mass is 10.1. The lowest BCUT2D eigenvalue weighted by Gasteiger charge is -2.32. The van der Waals surface area contributed by atoms with E-state index in [1.54, 1.807) is 0 Å². The van der Waals surface area contributed by atoms with Crippen molar-refractivity contribution in [2.45, 2.75) is 13.3 Å². The van der Waals surface area contributed by atoms with Crippen LogP contribution >= 0.6 is 0 Å². The Hall–Kier alpha value is -2.14. The van der Waals surface area contributed by atoms with E-state index in [0.29, 0.717) is 0 Å². The fraction of sp³-hybridized carbons (Fsp3) is 0.444. The van der Waals surface area contributed by atoms with E-state index in [2.05, 4.69) is 51.4 Å². The smallest absolute Gasteiger partial charge is 0.227 e. The fourth-order valence-corrected chi connectivity index (χ4v) is 2.77. The number of piperazine rings is 1. The van der Waals surface area contributed by atoms with Crippen molar-refractivity contribution < 1.29 is 0 Å². The van der Waals surface area contributed by atoms with Gasteiger partial charge in [0.15, 0.2) is 0 Å². The normalized spacial score (nSPS) is 15.7. The Balaban J connectivity index is 1.61. The number of hydrogen-bond donors (Lipinski definition) is 1. The first kappa shape index (κ1) is 15.7. The third-order valence-corrected chi connectivity index (χ3v) is 4.19. The maximum atomic E-state index is 4.70. The van der Waals surface area contributed by atoms with Gasteiger partial charge in [0.25, 0.3) is 0 Å². The zero-order valence-electron chi connectivity index (χ0n) is 14.0. The summed E-state index contributed by atoms with van der Waals surface area (Å²) in [6, 6.07) is 12.5. The number of anilines is 2. The van der Waals surface area contributed by atoms with Gasteiger partial charge in [-0.3, -0.25) is 0 Å². The molecule has 0 bridgehead atoms. The molecule has 122 valence electrons. The van der Waals surface area contributed by atoms with Crippen LogP contribution in [0.25, 0.3) is 0 Å². The molecule has 1 saturated heterocycles. The van der Waals surface area contributed by atoms with Crippen molar-refractivity contribution in [2.24, 2.45) is 0 Å². The quantitative estimate of drug-likeness (QED) is 0.917. The summed E-state index contributed by atoms with van der Waals surface area (Å²) < 4.78 is 0. The maximum Gasteiger partial charge on any atom is 0.227 e. The summed E-state index contributed by atoms with van der Waals surface area (Å²) in [4.78, 5) is 13.9. The molecule has 2 aromatic rings. The lowest BCUT2D eigenvalue weighted by molar-refractivity contribution is 0.311. The number of likely N-dealkylation sites (N-methyl/N-ethyl adjacent to an activating group) is 1. The molecule has 0 amide bonds. The summed E-state index contributed by atoms with van der Waals surface area (Å²) in [6.07, 6.45) is 0.994. The molecule has 2 heterocycles. The summed E-state index contributed by atoms with van der Waals surface area (Å²) in [6.45, 7) is 7.02. The monoisotopic (exact) mass is 311 g/mol. The average Bonchev–Trinajstić information content (AvgIpc) is 2.56. The minimum atomic E-state index is 0.848. The zero-order chi connectivity index (χ0) is 16.1. The van der Waals surface area contributed by atoms with Crippen LogP contribution in [0.5, 0.6) is 0 Å². The Labute approximate surface area is 138 Å². The average molecular weight is 311 g/mol. The van der Waals surface area contributed by atoms with Crippen LogP contribution in [-0.2, 0) is 6.42 Å². The summed E-state index contributed by atoms with van der Waals surface area (Å²) in [5.41, 5.74) is 2.35. The van der Waals surface area contributed by atoms with Gasteiger partial charge in [0, 0.05) is 44.5 Å². The number of rotatable bonds is 5. The van der Waals surface area contributed by atoms with Crippen molar-refractivity contribution in [1.29, 1.82) is 0 Å². The maximum absolute atomic E-state index is 4.70. The standard InChI is InChI=1S/C18H25N5/c1-15-14-17(19-9-8-16-6-4-3-5-7-16)21-18(20-15)23-12-10-22(2)11-13-23/h3-7,14H,8-13H2,1-2H3,(H,19,20,21). The largest absolute Gasteiger partial charge is 0.370 e. The Morgan fingerprint density at radius 2 is 1.78 bits per heavy atom. The minimum Gasteiger partial charge on any atom is -0.370 e. The molecule has 3 rings (SSSR count). The summed E-state index contributed by atoms with van der Waals surface area (Å²) >= 11 is 0. The van der Waals surface area contributed by atoms with Gasteiger partial charge in [-0.25, -0.2) is 4.98 Å². The molecule has 5 nitrogen and oxygen atoms in total. The highest BCUT2D eigenvalue weighted by Crippen LogP contribution is 2.15. The van der Waals surface area contributed by atoms with Gasteiger partial charge in [-0.2, -0.15) is 4.98 Å². The molecule has 5 heteroatoms. The molecule has 0 spiro atoms. The molecular formula is C18H25N5. The molecule has 0 atom stereocenters. The van der Waals surface area contributed by atoms with Gasteiger partial charge in [-0.05, 0) is 26.0 Å². The number of hydrogen-bond acceptors (Lipinski definition) is 5. The van der Waals surface area contributed by atoms with Gasteiger partial charge < -0.3 is 15.1 Å². The zero-order valence-corrected chi connectivity index (χ0v) is 14.0. The number of nitrogens with one attached hydrogen (secondary N) is 1. The molecule has 1 aliphatic rings. The Bertz CT molecular complexity index is 621. The first-order chi connectivity index (χ1) is 11.2. The summed E-state index contributed by atoms with van der Waals surface area (Å²) in [5, 5.41) is 3.43. The minimum absolute atomic E-state index is 0.848. The molecule has 0 aliphatic carbocycles. The van der Waals surface area contributed by atoms with Crippen molar-refractivity contribution >= 4 is 11.8 Å². The van der Waals surface area contributed by atoms with Gasteiger partial charge in [-0.15, -0.1) is 0 Å². The SMILES string of the molecule is Cc1cc(NCCc2ccccc2)nc(N2CCN(C)CC2)n1. The second kappa shape index (κ2) is 7.42. The second-order valence-electron chi connectivity index (χ2n) is 6.15. The highest BCUT2D eigenvalue weighted by molar-refractivity contribution is 5.44. The van der Waals surface area contributed by atoms with Gasteiger partial charge in [-0.1, -0.05) is 30.3 Å². The van der Waals surface area contributed by atoms with E-state index in [1.807, 2.05) is 19.1 Å². The van der Waals surface area contributed by atoms with E-state index < -0.39 is 0 Å². The first-order valence-electron chi connectivity index (χ1n) is 8.28. The molecule has 1 fully saturated rings. The Morgan fingerprint density at radius 1 is 1.04 bits per heavy atom. The summed E-state index contributed by atoms with van der Waals surface area (Å²) in [5.74, 6) is 1.77. The van der Waals surface area contributed by atoms with Crippen molar-refractivity contribution in [3.05, 3.63) is 47.7 Å². The van der Waals surface area contributed by atoms with Crippen LogP contribution in [0.1, 0.15) is 11.3 Å². The highest BCUT2D eigenvalue weighted by Gasteiger charge is 2.17. The third-order valence-electron chi connectivity index (χ3n) is 4.19. The van der Waals surface area contributed by atoms with E-state index in [1.165, 1.54) is 5.56 Å².